The standard InChI is InChI=1S/C15H26N4O3.ClH/c1-10-11(2)18(9-7-16-10)12(20)6-5-8-19-13(21)15(3,4)17-14(19)22;/h10-11,16H,5-9H2,1-4H3,(H,17,22);1H. The van der Waals surface area contributed by atoms with E-state index in [0.717, 1.165) is 6.54 Å². The minimum Gasteiger partial charge on any atom is -0.337 e. The summed E-state index contributed by atoms with van der Waals surface area (Å²) in [5, 5.41) is 5.98. The zero-order valence-electron chi connectivity index (χ0n) is 14.2. The maximum absolute atomic E-state index is 12.3. The van der Waals surface area contributed by atoms with Gasteiger partial charge >= 0.3 is 6.03 Å². The van der Waals surface area contributed by atoms with E-state index in [-0.39, 0.29) is 48.9 Å². The summed E-state index contributed by atoms with van der Waals surface area (Å²) in [7, 11) is 0. The van der Waals surface area contributed by atoms with Crippen molar-refractivity contribution in [2.75, 3.05) is 19.6 Å². The van der Waals surface area contributed by atoms with Crippen molar-refractivity contribution in [3.8, 4) is 0 Å². The van der Waals surface area contributed by atoms with Crippen molar-refractivity contribution in [1.29, 1.82) is 0 Å². The third-order valence-electron chi connectivity index (χ3n) is 4.57. The molecule has 0 aromatic carbocycles. The molecule has 2 heterocycles. The molecule has 2 aliphatic rings. The molecule has 0 saturated carbocycles. The fourth-order valence-electron chi connectivity index (χ4n) is 2.96. The van der Waals surface area contributed by atoms with E-state index in [0.29, 0.717) is 19.4 Å². The number of amides is 4. The van der Waals surface area contributed by atoms with Crippen LogP contribution in [-0.2, 0) is 9.59 Å². The molecule has 7 nitrogen and oxygen atoms in total. The van der Waals surface area contributed by atoms with Gasteiger partial charge in [-0.15, -0.1) is 12.4 Å². The van der Waals surface area contributed by atoms with E-state index in [1.54, 1.807) is 13.8 Å². The van der Waals surface area contributed by atoms with Crippen molar-refractivity contribution in [3.63, 3.8) is 0 Å². The second-order valence-corrected chi connectivity index (χ2v) is 6.69. The summed E-state index contributed by atoms with van der Waals surface area (Å²) in [5.41, 5.74) is -0.844. The minimum atomic E-state index is -0.844. The minimum absolute atomic E-state index is 0. The molecule has 8 heteroatoms. The largest absolute Gasteiger partial charge is 0.337 e. The fraction of sp³-hybridized carbons (Fsp3) is 0.800. The van der Waals surface area contributed by atoms with Crippen LogP contribution in [0.2, 0.25) is 0 Å². The lowest BCUT2D eigenvalue weighted by atomic mass is 10.1. The summed E-state index contributed by atoms with van der Waals surface area (Å²) < 4.78 is 0. The molecular weight excluding hydrogens is 320 g/mol. The maximum atomic E-state index is 12.3. The molecule has 2 unspecified atom stereocenters. The van der Waals surface area contributed by atoms with Gasteiger partial charge in [-0.2, -0.15) is 0 Å². The zero-order chi connectivity index (χ0) is 16.5. The predicted octanol–water partition coefficient (Wildman–Crippen LogP) is 0.728. The Bertz CT molecular complexity index is 483. The average Bonchev–Trinajstić information content (AvgIpc) is 2.63. The lowest BCUT2D eigenvalue weighted by Crippen LogP contribution is -2.57. The number of piperazine rings is 1. The fourth-order valence-corrected chi connectivity index (χ4v) is 2.96. The second-order valence-electron chi connectivity index (χ2n) is 6.69. The van der Waals surface area contributed by atoms with Gasteiger partial charge in [-0.3, -0.25) is 14.5 Å². The van der Waals surface area contributed by atoms with Gasteiger partial charge in [0.1, 0.15) is 5.54 Å². The van der Waals surface area contributed by atoms with E-state index in [4.69, 9.17) is 0 Å². The van der Waals surface area contributed by atoms with Crippen molar-refractivity contribution in [3.05, 3.63) is 0 Å². The first-order valence-corrected chi connectivity index (χ1v) is 7.91. The number of carbonyl (C=O) groups excluding carboxylic acids is 3. The molecule has 2 rings (SSSR count). The van der Waals surface area contributed by atoms with Crippen molar-refractivity contribution >= 4 is 30.3 Å². The highest BCUT2D eigenvalue weighted by Crippen LogP contribution is 2.17. The molecule has 2 saturated heterocycles. The summed E-state index contributed by atoms with van der Waals surface area (Å²) in [5.74, 6) is -0.138. The van der Waals surface area contributed by atoms with Crippen LogP contribution in [0.3, 0.4) is 0 Å². The third kappa shape index (κ3) is 4.14. The molecule has 132 valence electrons. The Kier molecular flexibility index (Phi) is 6.41. The SMILES string of the molecule is CC1NCCN(C(=O)CCCN2C(=O)NC(C)(C)C2=O)C1C.Cl. The summed E-state index contributed by atoms with van der Waals surface area (Å²) in [6.45, 7) is 9.27. The number of halogens is 1. The van der Waals surface area contributed by atoms with E-state index in [2.05, 4.69) is 17.6 Å². The molecule has 0 aliphatic carbocycles. The molecule has 0 radical (unpaired) electrons. The first-order valence-electron chi connectivity index (χ1n) is 7.91. The molecule has 0 spiro atoms. The molecule has 4 amide bonds. The summed E-state index contributed by atoms with van der Waals surface area (Å²) in [6, 6.07) is 0.0768. The van der Waals surface area contributed by atoms with E-state index < -0.39 is 5.54 Å². The molecule has 0 bridgehead atoms. The monoisotopic (exact) mass is 346 g/mol. The topological polar surface area (TPSA) is 81.8 Å². The average molecular weight is 347 g/mol. The highest BCUT2D eigenvalue weighted by Gasteiger charge is 2.43. The van der Waals surface area contributed by atoms with Gasteiger partial charge in [0.05, 0.1) is 0 Å². The molecule has 2 aliphatic heterocycles. The summed E-state index contributed by atoms with van der Waals surface area (Å²) in [4.78, 5) is 39.2. The molecule has 2 N–H and O–H groups in total. The van der Waals surface area contributed by atoms with Gasteiger partial charge in [0.15, 0.2) is 0 Å². The van der Waals surface area contributed by atoms with Crippen LogP contribution in [0.4, 0.5) is 4.79 Å². The first-order chi connectivity index (χ1) is 10.2. The highest BCUT2D eigenvalue weighted by molar-refractivity contribution is 6.06. The first kappa shape index (κ1) is 19.7. The van der Waals surface area contributed by atoms with Crippen LogP contribution in [0.1, 0.15) is 40.5 Å². The normalized spacial score (nSPS) is 26.8. The van der Waals surface area contributed by atoms with E-state index in [9.17, 15) is 14.4 Å². The molecular formula is C15H27ClN4O3. The number of carbonyl (C=O) groups is 3. The van der Waals surface area contributed by atoms with Gasteiger partial charge in [-0.05, 0) is 34.1 Å². The Morgan fingerprint density at radius 2 is 1.96 bits per heavy atom. The van der Waals surface area contributed by atoms with Crippen LogP contribution in [0.25, 0.3) is 0 Å². The van der Waals surface area contributed by atoms with Crippen LogP contribution in [0.15, 0.2) is 0 Å². The van der Waals surface area contributed by atoms with E-state index >= 15 is 0 Å². The Morgan fingerprint density at radius 1 is 1.30 bits per heavy atom. The van der Waals surface area contributed by atoms with E-state index in [1.807, 2.05) is 11.8 Å². The quantitative estimate of drug-likeness (QED) is 0.735. The second kappa shape index (κ2) is 7.49. The van der Waals surface area contributed by atoms with Crippen LogP contribution in [0.5, 0.6) is 0 Å². The molecule has 0 aromatic heterocycles. The lowest BCUT2D eigenvalue weighted by molar-refractivity contribution is -0.135. The number of hydrogen-bond donors (Lipinski definition) is 2. The number of urea groups is 1. The van der Waals surface area contributed by atoms with Crippen LogP contribution in [0, 0.1) is 0 Å². The lowest BCUT2D eigenvalue weighted by Gasteiger charge is -2.38. The zero-order valence-corrected chi connectivity index (χ0v) is 15.0. The number of rotatable bonds is 4. The summed E-state index contributed by atoms with van der Waals surface area (Å²) >= 11 is 0. The van der Waals surface area contributed by atoms with Crippen molar-refractivity contribution in [2.24, 2.45) is 0 Å². The number of nitrogens with zero attached hydrogens (tertiary/aromatic N) is 2. The van der Waals surface area contributed by atoms with Gasteiger partial charge in [-0.1, -0.05) is 0 Å². The molecule has 2 atom stereocenters. The molecule has 2 fully saturated rings. The van der Waals surface area contributed by atoms with Gasteiger partial charge < -0.3 is 15.5 Å². The molecule has 23 heavy (non-hydrogen) atoms. The van der Waals surface area contributed by atoms with Crippen molar-refractivity contribution in [2.45, 2.75) is 58.2 Å². The van der Waals surface area contributed by atoms with Crippen molar-refractivity contribution < 1.29 is 14.4 Å². The number of hydrogen-bond acceptors (Lipinski definition) is 4. The summed E-state index contributed by atoms with van der Waals surface area (Å²) in [6.07, 6.45) is 0.855. The third-order valence-corrected chi connectivity index (χ3v) is 4.57. The van der Waals surface area contributed by atoms with Crippen LogP contribution < -0.4 is 10.6 Å². The van der Waals surface area contributed by atoms with E-state index in [1.165, 1.54) is 4.90 Å². The maximum Gasteiger partial charge on any atom is 0.325 e. The Morgan fingerprint density at radius 3 is 2.52 bits per heavy atom. The van der Waals surface area contributed by atoms with Crippen LogP contribution in [-0.4, -0.2) is 64.9 Å². The number of nitrogens with one attached hydrogen (secondary N) is 2. The van der Waals surface area contributed by atoms with Gasteiger partial charge in [0, 0.05) is 38.1 Å². The highest BCUT2D eigenvalue weighted by atomic mass is 35.5. The Balaban J connectivity index is 0.00000264. The predicted molar refractivity (Wildman–Crippen MR) is 89.4 cm³/mol. The molecule has 0 aromatic rings. The van der Waals surface area contributed by atoms with Crippen molar-refractivity contribution in [1.82, 2.24) is 20.4 Å². The smallest absolute Gasteiger partial charge is 0.325 e. The van der Waals surface area contributed by atoms with Gasteiger partial charge in [0.2, 0.25) is 5.91 Å². The van der Waals surface area contributed by atoms with Gasteiger partial charge in [-0.25, -0.2) is 4.79 Å². The number of imide groups is 1. The van der Waals surface area contributed by atoms with Crippen LogP contribution >= 0.6 is 12.4 Å². The Hall–Kier alpha value is -1.34. The van der Waals surface area contributed by atoms with Gasteiger partial charge in [0.25, 0.3) is 5.91 Å². The Labute approximate surface area is 143 Å².